The van der Waals surface area contributed by atoms with E-state index in [1.165, 1.54) is 4.31 Å². The normalized spacial score (nSPS) is 18.8. The van der Waals surface area contributed by atoms with Gasteiger partial charge in [-0.3, -0.25) is 18.3 Å². The van der Waals surface area contributed by atoms with Crippen LogP contribution in [0.3, 0.4) is 0 Å². The maximum absolute atomic E-state index is 13.6. The van der Waals surface area contributed by atoms with Crippen molar-refractivity contribution in [3.8, 4) is 0 Å². The summed E-state index contributed by atoms with van der Waals surface area (Å²) in [5.74, 6) is 0.784. The Kier molecular flexibility index (Phi) is 8.14. The average Bonchev–Trinajstić information content (AvgIpc) is 2.74. The summed E-state index contributed by atoms with van der Waals surface area (Å²) in [5, 5.41) is 10.6. The molecule has 1 unspecified atom stereocenters. The third kappa shape index (κ3) is 6.49. The van der Waals surface area contributed by atoms with Gasteiger partial charge in [0.05, 0.1) is 28.2 Å². The van der Waals surface area contributed by atoms with Crippen LogP contribution in [0.1, 0.15) is 36.6 Å². The monoisotopic (exact) mass is 496 g/mol. The Morgan fingerprint density at radius 1 is 1.03 bits per heavy atom. The molecule has 0 aromatic heterocycles. The van der Waals surface area contributed by atoms with Gasteiger partial charge in [0.25, 0.3) is 10.0 Å². The van der Waals surface area contributed by atoms with Crippen LogP contribution >= 0.6 is 10.6 Å². The van der Waals surface area contributed by atoms with Crippen LogP contribution in [0.25, 0.3) is 0 Å². The van der Waals surface area contributed by atoms with Crippen molar-refractivity contribution in [2.75, 3.05) is 42.0 Å². The lowest BCUT2D eigenvalue weighted by molar-refractivity contribution is 0.116. The highest BCUT2D eigenvalue weighted by Gasteiger charge is 2.28. The Balaban J connectivity index is 1.79. The lowest BCUT2D eigenvalue weighted by atomic mass is 10.1. The van der Waals surface area contributed by atoms with Crippen molar-refractivity contribution in [2.45, 2.75) is 38.7 Å². The highest BCUT2D eigenvalue weighted by molar-refractivity contribution is 8.24. The third-order valence-corrected chi connectivity index (χ3v) is 9.37. The Hall–Kier alpha value is -1.62. The average molecular weight is 497 g/mol. The van der Waals surface area contributed by atoms with Crippen LogP contribution in [-0.2, 0) is 10.0 Å². The second kappa shape index (κ2) is 10.3. The van der Waals surface area contributed by atoms with Gasteiger partial charge in [-0.05, 0) is 49.1 Å². The standard InChI is InChI=1S/C24H36N2O5S2/c1-18(2)16-26(23-10-5-19(3)15-20(23)4)33(30,31)22-8-6-21(7-9-22)24(27)17-25-11-13-32(28,29)14-12-25/h5-10,15,18,24,27-29H,11-14,16-17H2,1-4H3. The SMILES string of the molecule is Cc1ccc(N(CC(C)C)S(=O)(=O)c2ccc(C(O)CN3CCS(O)(O)CC3)cc2)c(C)c1. The van der Waals surface area contributed by atoms with Crippen LogP contribution in [-0.4, -0.2) is 65.2 Å². The van der Waals surface area contributed by atoms with Gasteiger partial charge in [-0.2, -0.15) is 10.6 Å². The van der Waals surface area contributed by atoms with Gasteiger partial charge in [0.2, 0.25) is 0 Å². The molecular weight excluding hydrogens is 460 g/mol. The minimum atomic E-state index is -3.78. The van der Waals surface area contributed by atoms with Crippen molar-refractivity contribution >= 4 is 26.3 Å². The van der Waals surface area contributed by atoms with Gasteiger partial charge in [0.15, 0.2) is 0 Å². The third-order valence-electron chi connectivity index (χ3n) is 5.90. The van der Waals surface area contributed by atoms with Gasteiger partial charge < -0.3 is 5.11 Å². The molecule has 1 saturated heterocycles. The molecule has 2 aromatic carbocycles. The molecule has 33 heavy (non-hydrogen) atoms. The summed E-state index contributed by atoms with van der Waals surface area (Å²) in [6, 6.07) is 12.2. The van der Waals surface area contributed by atoms with E-state index in [0.717, 1.165) is 11.1 Å². The summed E-state index contributed by atoms with van der Waals surface area (Å²) in [4.78, 5) is 2.18. The largest absolute Gasteiger partial charge is 0.387 e. The zero-order chi connectivity index (χ0) is 24.4. The zero-order valence-electron chi connectivity index (χ0n) is 19.8. The molecule has 1 aliphatic heterocycles. The first-order valence-corrected chi connectivity index (χ1v) is 14.6. The molecule has 0 aliphatic carbocycles. The van der Waals surface area contributed by atoms with Crippen LogP contribution < -0.4 is 4.31 Å². The quantitative estimate of drug-likeness (QED) is 0.505. The summed E-state index contributed by atoms with van der Waals surface area (Å²) in [6.45, 7) is 9.66. The molecular formula is C24H36N2O5S2. The first-order valence-electron chi connectivity index (χ1n) is 11.2. The molecule has 1 fully saturated rings. The topological polar surface area (TPSA) is 101 Å². The number of anilines is 1. The number of benzene rings is 2. The van der Waals surface area contributed by atoms with Gasteiger partial charge in [-0.15, -0.1) is 0 Å². The molecule has 0 bridgehead atoms. The number of hydrogen-bond acceptors (Lipinski definition) is 6. The van der Waals surface area contributed by atoms with Gasteiger partial charge >= 0.3 is 0 Å². The molecule has 3 N–H and O–H groups in total. The van der Waals surface area contributed by atoms with Crippen molar-refractivity contribution in [1.29, 1.82) is 0 Å². The highest BCUT2D eigenvalue weighted by Crippen LogP contribution is 2.40. The molecule has 3 rings (SSSR count). The molecule has 0 radical (unpaired) electrons. The first kappa shape index (κ1) is 26.0. The lowest BCUT2D eigenvalue weighted by Crippen LogP contribution is -2.40. The van der Waals surface area contributed by atoms with E-state index in [0.29, 0.717) is 48.9 Å². The van der Waals surface area contributed by atoms with E-state index in [-0.39, 0.29) is 10.8 Å². The smallest absolute Gasteiger partial charge is 0.264 e. The predicted octanol–water partition coefficient (Wildman–Crippen LogP) is 4.25. The summed E-state index contributed by atoms with van der Waals surface area (Å²) in [7, 11) is -6.26. The molecule has 9 heteroatoms. The van der Waals surface area contributed by atoms with Crippen molar-refractivity contribution in [1.82, 2.24) is 4.90 Å². The number of hydrogen-bond donors (Lipinski definition) is 3. The van der Waals surface area contributed by atoms with E-state index >= 15 is 0 Å². The molecule has 1 heterocycles. The fourth-order valence-electron chi connectivity index (χ4n) is 4.03. The molecule has 1 atom stereocenters. The summed E-state index contributed by atoms with van der Waals surface area (Å²) < 4.78 is 48.1. The number of aryl methyl sites for hydroxylation is 2. The predicted molar refractivity (Wildman–Crippen MR) is 136 cm³/mol. The minimum absolute atomic E-state index is 0.143. The van der Waals surface area contributed by atoms with Gasteiger partial charge in [-0.1, -0.05) is 43.7 Å². The molecule has 1 aliphatic rings. The molecule has 0 saturated carbocycles. The Morgan fingerprint density at radius 2 is 1.64 bits per heavy atom. The van der Waals surface area contributed by atoms with Crippen LogP contribution in [0.15, 0.2) is 47.4 Å². The number of β-amino-alcohol motifs (C(OH)–C–C–N with tert-alkyl or cyclic N) is 1. The minimum Gasteiger partial charge on any atom is -0.387 e. The van der Waals surface area contributed by atoms with Crippen molar-refractivity contribution < 1.29 is 22.6 Å². The number of sulfonamides is 1. The van der Waals surface area contributed by atoms with E-state index in [4.69, 9.17) is 0 Å². The van der Waals surface area contributed by atoms with Crippen LogP contribution in [0.4, 0.5) is 5.69 Å². The Morgan fingerprint density at radius 3 is 2.18 bits per heavy atom. The van der Waals surface area contributed by atoms with Crippen molar-refractivity contribution in [3.63, 3.8) is 0 Å². The van der Waals surface area contributed by atoms with E-state index in [1.807, 2.05) is 50.8 Å². The zero-order valence-corrected chi connectivity index (χ0v) is 21.4. The van der Waals surface area contributed by atoms with E-state index in [9.17, 15) is 22.6 Å². The van der Waals surface area contributed by atoms with Gasteiger partial charge in [-0.25, -0.2) is 8.42 Å². The fraction of sp³-hybridized carbons (Fsp3) is 0.500. The maximum atomic E-state index is 13.6. The molecule has 2 aromatic rings. The number of nitrogens with zero attached hydrogens (tertiary/aromatic N) is 2. The highest BCUT2D eigenvalue weighted by atomic mass is 32.3. The van der Waals surface area contributed by atoms with E-state index in [2.05, 4.69) is 0 Å². The fourth-order valence-corrected chi connectivity index (χ4v) is 7.03. The van der Waals surface area contributed by atoms with Gasteiger partial charge in [0.1, 0.15) is 0 Å². The summed E-state index contributed by atoms with van der Waals surface area (Å²) >= 11 is 0. The Bertz CT molecular complexity index is 1050. The Labute approximate surface area is 199 Å². The second-order valence-electron chi connectivity index (χ2n) is 9.32. The van der Waals surface area contributed by atoms with Crippen molar-refractivity contribution in [3.05, 3.63) is 59.2 Å². The first-order chi connectivity index (χ1) is 15.4. The van der Waals surface area contributed by atoms with Crippen LogP contribution in [0, 0.1) is 19.8 Å². The lowest BCUT2D eigenvalue weighted by Gasteiger charge is -2.41. The number of aliphatic hydroxyl groups excluding tert-OH is 1. The van der Waals surface area contributed by atoms with E-state index in [1.54, 1.807) is 24.3 Å². The summed E-state index contributed by atoms with van der Waals surface area (Å²) in [5.41, 5.74) is 3.29. The van der Waals surface area contributed by atoms with Crippen LogP contribution in [0.5, 0.6) is 0 Å². The number of aliphatic hydroxyl groups is 1. The van der Waals surface area contributed by atoms with Crippen LogP contribution in [0.2, 0.25) is 0 Å². The number of rotatable bonds is 8. The molecule has 184 valence electrons. The van der Waals surface area contributed by atoms with Crippen molar-refractivity contribution in [2.24, 2.45) is 5.92 Å². The summed E-state index contributed by atoms with van der Waals surface area (Å²) in [6.07, 6.45) is -0.784. The van der Waals surface area contributed by atoms with E-state index < -0.39 is 26.7 Å². The second-order valence-corrected chi connectivity index (χ2v) is 13.6. The van der Waals surface area contributed by atoms with Gasteiger partial charge in [0, 0.05) is 26.2 Å². The maximum Gasteiger partial charge on any atom is 0.264 e. The molecule has 0 amide bonds. The molecule has 0 spiro atoms. The molecule has 7 nitrogen and oxygen atoms in total.